The molecule has 0 spiro atoms. The van der Waals surface area contributed by atoms with Gasteiger partial charge in [-0.3, -0.25) is 4.79 Å². The van der Waals surface area contributed by atoms with Crippen LogP contribution in [-0.4, -0.2) is 22.0 Å². The van der Waals surface area contributed by atoms with Crippen LogP contribution in [0.5, 0.6) is 5.75 Å². The lowest BCUT2D eigenvalue weighted by atomic mass is 10.1. The monoisotopic (exact) mass is 302 g/mol. The lowest BCUT2D eigenvalue weighted by molar-refractivity contribution is 0.104. The number of benzene rings is 1. The fourth-order valence-corrected chi connectivity index (χ4v) is 2.05. The van der Waals surface area contributed by atoms with E-state index in [2.05, 4.69) is 23.4 Å². The van der Waals surface area contributed by atoms with Crippen molar-refractivity contribution in [1.82, 2.24) is 9.59 Å². The summed E-state index contributed by atoms with van der Waals surface area (Å²) in [6.45, 7) is 5.02. The van der Waals surface area contributed by atoms with Gasteiger partial charge in [-0.05, 0) is 60.3 Å². The Kier molecular flexibility index (Phi) is 5.63. The van der Waals surface area contributed by atoms with E-state index in [1.807, 2.05) is 12.1 Å². The summed E-state index contributed by atoms with van der Waals surface area (Å²) in [6.07, 6.45) is 4.19. The third-order valence-corrected chi connectivity index (χ3v) is 3.41. The van der Waals surface area contributed by atoms with Gasteiger partial charge >= 0.3 is 0 Å². The van der Waals surface area contributed by atoms with E-state index in [0.717, 1.165) is 12.2 Å². The van der Waals surface area contributed by atoms with E-state index in [0.29, 0.717) is 23.8 Å². The van der Waals surface area contributed by atoms with Crippen LogP contribution < -0.4 is 4.74 Å². The molecule has 5 heteroatoms. The number of rotatable bonds is 7. The quantitative estimate of drug-likeness (QED) is 0.575. The SMILES string of the molecule is CC(C)CCOc1ccc(C(=O)/C=C/c2csnn2)cc1. The van der Waals surface area contributed by atoms with Crippen molar-refractivity contribution in [3.05, 3.63) is 47.0 Å². The van der Waals surface area contributed by atoms with E-state index in [9.17, 15) is 4.79 Å². The van der Waals surface area contributed by atoms with E-state index in [1.54, 1.807) is 23.6 Å². The van der Waals surface area contributed by atoms with Gasteiger partial charge in [-0.15, -0.1) is 5.10 Å². The highest BCUT2D eigenvalue weighted by molar-refractivity contribution is 7.03. The molecule has 2 rings (SSSR count). The van der Waals surface area contributed by atoms with E-state index >= 15 is 0 Å². The van der Waals surface area contributed by atoms with Crippen molar-refractivity contribution in [3.8, 4) is 5.75 Å². The van der Waals surface area contributed by atoms with Gasteiger partial charge < -0.3 is 4.74 Å². The van der Waals surface area contributed by atoms with E-state index in [4.69, 9.17) is 4.74 Å². The highest BCUT2D eigenvalue weighted by Gasteiger charge is 2.03. The minimum atomic E-state index is -0.0586. The maximum atomic E-state index is 12.0. The van der Waals surface area contributed by atoms with Gasteiger partial charge in [0, 0.05) is 10.9 Å². The molecule has 0 aliphatic heterocycles. The van der Waals surface area contributed by atoms with Crippen LogP contribution in [0.25, 0.3) is 6.08 Å². The van der Waals surface area contributed by atoms with E-state index in [-0.39, 0.29) is 5.78 Å². The fraction of sp³-hybridized carbons (Fsp3) is 0.312. The van der Waals surface area contributed by atoms with Crippen molar-refractivity contribution in [1.29, 1.82) is 0 Å². The van der Waals surface area contributed by atoms with Gasteiger partial charge in [-0.1, -0.05) is 18.3 Å². The number of carbonyl (C=O) groups excluding carboxylic acids is 1. The Hall–Kier alpha value is -2.01. The van der Waals surface area contributed by atoms with Crippen molar-refractivity contribution >= 4 is 23.4 Å². The average molecular weight is 302 g/mol. The molecule has 0 aliphatic carbocycles. The Morgan fingerprint density at radius 2 is 2.10 bits per heavy atom. The summed E-state index contributed by atoms with van der Waals surface area (Å²) >= 11 is 1.26. The number of carbonyl (C=O) groups is 1. The molecule has 0 amide bonds. The Balaban J connectivity index is 1.90. The molecule has 1 aromatic carbocycles. The summed E-state index contributed by atoms with van der Waals surface area (Å²) in [5.74, 6) is 1.35. The number of allylic oxidation sites excluding steroid dienone is 1. The molecule has 0 bridgehead atoms. The van der Waals surface area contributed by atoms with Crippen LogP contribution in [0.4, 0.5) is 0 Å². The molecule has 2 aromatic rings. The Bertz CT molecular complexity index is 589. The van der Waals surface area contributed by atoms with Crippen LogP contribution in [0.1, 0.15) is 36.3 Å². The number of ketones is 1. The molecular formula is C16H18N2O2S. The van der Waals surface area contributed by atoms with Crippen LogP contribution in [-0.2, 0) is 0 Å². The molecule has 110 valence electrons. The van der Waals surface area contributed by atoms with Crippen molar-refractivity contribution in [2.45, 2.75) is 20.3 Å². The summed E-state index contributed by atoms with van der Waals surface area (Å²) < 4.78 is 9.36. The van der Waals surface area contributed by atoms with E-state index in [1.165, 1.54) is 17.6 Å². The van der Waals surface area contributed by atoms with Crippen LogP contribution >= 0.6 is 11.5 Å². The van der Waals surface area contributed by atoms with Crippen molar-refractivity contribution in [2.24, 2.45) is 5.92 Å². The summed E-state index contributed by atoms with van der Waals surface area (Å²) in [6, 6.07) is 7.20. The maximum Gasteiger partial charge on any atom is 0.185 e. The highest BCUT2D eigenvalue weighted by Crippen LogP contribution is 2.14. The van der Waals surface area contributed by atoms with Gasteiger partial charge in [0.25, 0.3) is 0 Å². The summed E-state index contributed by atoms with van der Waals surface area (Å²) in [5.41, 5.74) is 1.33. The van der Waals surface area contributed by atoms with Gasteiger partial charge in [0.2, 0.25) is 0 Å². The molecule has 0 atom stereocenters. The number of hydrogen-bond donors (Lipinski definition) is 0. The number of nitrogens with zero attached hydrogens (tertiary/aromatic N) is 2. The zero-order valence-electron chi connectivity index (χ0n) is 12.2. The average Bonchev–Trinajstić information content (AvgIpc) is 2.98. The fourth-order valence-electron chi connectivity index (χ4n) is 1.63. The molecule has 1 heterocycles. The molecule has 21 heavy (non-hydrogen) atoms. The zero-order chi connectivity index (χ0) is 15.1. The minimum absolute atomic E-state index is 0.0586. The van der Waals surface area contributed by atoms with Gasteiger partial charge in [-0.25, -0.2) is 0 Å². The summed E-state index contributed by atoms with van der Waals surface area (Å²) in [4.78, 5) is 12.0. The number of aromatic nitrogens is 2. The van der Waals surface area contributed by atoms with Crippen LogP contribution in [0.3, 0.4) is 0 Å². The van der Waals surface area contributed by atoms with Gasteiger partial charge in [-0.2, -0.15) is 0 Å². The highest BCUT2D eigenvalue weighted by atomic mass is 32.1. The van der Waals surface area contributed by atoms with Gasteiger partial charge in [0.15, 0.2) is 5.78 Å². The predicted octanol–water partition coefficient (Wildman–Crippen LogP) is 3.86. The number of ether oxygens (including phenoxy) is 1. The third kappa shape index (κ3) is 5.11. The first-order chi connectivity index (χ1) is 10.1. The predicted molar refractivity (Wildman–Crippen MR) is 84.7 cm³/mol. The second-order valence-electron chi connectivity index (χ2n) is 5.08. The van der Waals surface area contributed by atoms with Crippen molar-refractivity contribution in [2.75, 3.05) is 6.61 Å². The number of hydrogen-bond acceptors (Lipinski definition) is 5. The topological polar surface area (TPSA) is 52.1 Å². The van der Waals surface area contributed by atoms with Crippen molar-refractivity contribution < 1.29 is 9.53 Å². The van der Waals surface area contributed by atoms with Gasteiger partial charge in [0.1, 0.15) is 5.75 Å². The maximum absolute atomic E-state index is 12.0. The lowest BCUT2D eigenvalue weighted by Gasteiger charge is -2.08. The second kappa shape index (κ2) is 7.69. The smallest absolute Gasteiger partial charge is 0.185 e. The Labute approximate surface area is 128 Å². The molecule has 0 unspecified atom stereocenters. The van der Waals surface area contributed by atoms with Crippen LogP contribution in [0.2, 0.25) is 0 Å². The molecule has 0 saturated carbocycles. The second-order valence-corrected chi connectivity index (χ2v) is 5.69. The summed E-state index contributed by atoms with van der Waals surface area (Å²) in [7, 11) is 0. The Morgan fingerprint density at radius 1 is 1.33 bits per heavy atom. The first-order valence-electron chi connectivity index (χ1n) is 6.87. The first-order valence-corrected chi connectivity index (χ1v) is 7.71. The van der Waals surface area contributed by atoms with Crippen molar-refractivity contribution in [3.63, 3.8) is 0 Å². The largest absolute Gasteiger partial charge is 0.494 e. The van der Waals surface area contributed by atoms with Crippen LogP contribution in [0.15, 0.2) is 35.7 Å². The summed E-state index contributed by atoms with van der Waals surface area (Å²) in [5, 5.41) is 5.64. The third-order valence-electron chi connectivity index (χ3n) is 2.89. The first kappa shape index (κ1) is 15.4. The molecule has 4 nitrogen and oxygen atoms in total. The molecular weight excluding hydrogens is 284 g/mol. The lowest BCUT2D eigenvalue weighted by Crippen LogP contribution is -2.01. The van der Waals surface area contributed by atoms with Crippen LogP contribution in [0, 0.1) is 5.92 Å². The van der Waals surface area contributed by atoms with Gasteiger partial charge in [0.05, 0.1) is 12.3 Å². The van der Waals surface area contributed by atoms with E-state index < -0.39 is 0 Å². The zero-order valence-corrected chi connectivity index (χ0v) is 13.0. The molecule has 0 radical (unpaired) electrons. The molecule has 1 aromatic heterocycles. The standard InChI is InChI=1S/C16H18N2O2S/c1-12(2)9-10-20-15-6-3-13(4-7-15)16(19)8-5-14-11-21-18-17-14/h3-8,11-12H,9-10H2,1-2H3/b8-5+. The molecule has 0 aliphatic rings. The minimum Gasteiger partial charge on any atom is -0.494 e. The normalized spacial score (nSPS) is 11.2. The molecule has 0 N–H and O–H groups in total. The molecule has 0 saturated heterocycles. The Morgan fingerprint density at radius 3 is 2.71 bits per heavy atom. The molecule has 0 fully saturated rings.